The highest BCUT2D eigenvalue weighted by Gasteiger charge is 2.06. The van der Waals surface area contributed by atoms with Gasteiger partial charge in [0.05, 0.1) is 0 Å². The Morgan fingerprint density at radius 3 is 2.58 bits per heavy atom. The topological polar surface area (TPSA) is 26.0 Å². The van der Waals surface area contributed by atoms with Crippen molar-refractivity contribution in [2.75, 3.05) is 5.75 Å². The fraction of sp³-hybridized carbons (Fsp3) is 0.250. The Morgan fingerprint density at radius 1 is 1.16 bits per heavy atom. The van der Waals surface area contributed by atoms with E-state index in [4.69, 9.17) is 17.3 Å². The molecule has 0 aliphatic rings. The predicted octanol–water partition coefficient (Wildman–Crippen LogP) is 4.58. The summed E-state index contributed by atoms with van der Waals surface area (Å²) >= 11 is 7.72. The number of benzene rings is 2. The van der Waals surface area contributed by atoms with E-state index >= 15 is 0 Å². The summed E-state index contributed by atoms with van der Waals surface area (Å²) in [6.45, 7) is 2.09. The van der Waals surface area contributed by atoms with Crippen LogP contribution in [0.25, 0.3) is 0 Å². The molecule has 3 heteroatoms. The van der Waals surface area contributed by atoms with E-state index in [9.17, 15) is 0 Å². The Kier molecular flexibility index (Phi) is 5.32. The molecule has 19 heavy (non-hydrogen) atoms. The van der Waals surface area contributed by atoms with Gasteiger partial charge >= 0.3 is 0 Å². The third-order valence-electron chi connectivity index (χ3n) is 2.95. The highest BCUT2D eigenvalue weighted by molar-refractivity contribution is 7.98. The Labute approximate surface area is 124 Å². The number of hydrogen-bond acceptors (Lipinski definition) is 2. The zero-order chi connectivity index (χ0) is 13.7. The van der Waals surface area contributed by atoms with Gasteiger partial charge in [-0.2, -0.15) is 11.8 Å². The molecule has 1 unspecified atom stereocenters. The first kappa shape index (κ1) is 14.4. The number of halogens is 1. The molecule has 0 saturated carbocycles. The average molecular weight is 292 g/mol. The van der Waals surface area contributed by atoms with E-state index in [1.165, 1.54) is 16.7 Å². The van der Waals surface area contributed by atoms with Gasteiger partial charge in [-0.25, -0.2) is 0 Å². The summed E-state index contributed by atoms with van der Waals surface area (Å²) < 4.78 is 0. The quantitative estimate of drug-likeness (QED) is 0.872. The summed E-state index contributed by atoms with van der Waals surface area (Å²) in [5, 5.41) is 0.783. The van der Waals surface area contributed by atoms with Gasteiger partial charge in [-0.3, -0.25) is 0 Å². The molecule has 0 fully saturated rings. The Bertz CT molecular complexity index is 525. The molecule has 2 aromatic carbocycles. The highest BCUT2D eigenvalue weighted by atomic mass is 35.5. The monoisotopic (exact) mass is 291 g/mol. The second-order valence-electron chi connectivity index (χ2n) is 4.66. The number of hydrogen-bond donors (Lipinski definition) is 1. The summed E-state index contributed by atoms with van der Waals surface area (Å²) in [5.74, 6) is 1.89. The summed E-state index contributed by atoms with van der Waals surface area (Å²) in [4.78, 5) is 0. The van der Waals surface area contributed by atoms with Crippen LogP contribution >= 0.6 is 23.4 Å². The van der Waals surface area contributed by atoms with E-state index in [1.807, 2.05) is 23.9 Å². The predicted molar refractivity (Wildman–Crippen MR) is 85.7 cm³/mol. The van der Waals surface area contributed by atoms with Gasteiger partial charge in [-0.1, -0.05) is 53.6 Å². The lowest BCUT2D eigenvalue weighted by molar-refractivity contribution is 0.830. The van der Waals surface area contributed by atoms with E-state index < -0.39 is 0 Å². The first-order valence-corrected chi connectivity index (χ1v) is 7.83. The summed E-state index contributed by atoms with van der Waals surface area (Å²) in [7, 11) is 0. The average Bonchev–Trinajstić information content (AvgIpc) is 2.41. The molecule has 2 rings (SSSR count). The fourth-order valence-electron chi connectivity index (χ4n) is 1.88. The van der Waals surface area contributed by atoms with Crippen LogP contribution in [0.5, 0.6) is 0 Å². The first-order chi connectivity index (χ1) is 9.15. The Morgan fingerprint density at radius 2 is 1.89 bits per heavy atom. The standard InChI is InChI=1S/C16H18ClNS/c1-12-3-2-4-14(9-12)16(18)11-19-10-13-5-7-15(17)8-6-13/h2-9,16H,10-11,18H2,1H3. The zero-order valence-electron chi connectivity index (χ0n) is 11.0. The second kappa shape index (κ2) is 6.99. The Balaban J connectivity index is 1.84. The zero-order valence-corrected chi connectivity index (χ0v) is 12.5. The van der Waals surface area contributed by atoms with Crippen LogP contribution in [0.3, 0.4) is 0 Å². The van der Waals surface area contributed by atoms with Crippen molar-refractivity contribution in [2.45, 2.75) is 18.7 Å². The van der Waals surface area contributed by atoms with Crippen LogP contribution in [0, 0.1) is 6.92 Å². The fourth-order valence-corrected chi connectivity index (χ4v) is 3.00. The van der Waals surface area contributed by atoms with Gasteiger partial charge in [-0.15, -0.1) is 0 Å². The van der Waals surface area contributed by atoms with Crippen LogP contribution in [0.1, 0.15) is 22.7 Å². The molecule has 0 spiro atoms. The van der Waals surface area contributed by atoms with Crippen LogP contribution in [-0.2, 0) is 5.75 Å². The summed E-state index contributed by atoms with van der Waals surface area (Å²) in [5.41, 5.74) is 9.96. The maximum absolute atomic E-state index is 6.21. The Hall–Kier alpha value is -0.960. The van der Waals surface area contributed by atoms with E-state index in [0.29, 0.717) is 0 Å². The van der Waals surface area contributed by atoms with Crippen LogP contribution in [-0.4, -0.2) is 5.75 Å². The highest BCUT2D eigenvalue weighted by Crippen LogP contribution is 2.21. The molecule has 0 amide bonds. The van der Waals surface area contributed by atoms with Gasteiger partial charge in [0.2, 0.25) is 0 Å². The number of aryl methyl sites for hydroxylation is 1. The van der Waals surface area contributed by atoms with Crippen molar-refractivity contribution in [1.29, 1.82) is 0 Å². The third-order valence-corrected chi connectivity index (χ3v) is 4.33. The molecule has 0 saturated heterocycles. The molecular formula is C16H18ClNS. The van der Waals surface area contributed by atoms with Crippen molar-refractivity contribution in [3.63, 3.8) is 0 Å². The van der Waals surface area contributed by atoms with Crippen molar-refractivity contribution in [2.24, 2.45) is 5.73 Å². The minimum absolute atomic E-state index is 0.0946. The van der Waals surface area contributed by atoms with E-state index in [0.717, 1.165) is 16.5 Å². The van der Waals surface area contributed by atoms with Gasteiger partial charge in [0, 0.05) is 22.6 Å². The molecule has 0 heterocycles. The molecule has 2 aromatic rings. The minimum atomic E-state index is 0.0946. The molecule has 1 nitrogen and oxygen atoms in total. The van der Waals surface area contributed by atoms with Gasteiger partial charge in [0.25, 0.3) is 0 Å². The molecule has 0 aliphatic heterocycles. The molecular weight excluding hydrogens is 274 g/mol. The van der Waals surface area contributed by atoms with E-state index in [1.54, 1.807) is 0 Å². The third kappa shape index (κ3) is 4.57. The van der Waals surface area contributed by atoms with Crippen molar-refractivity contribution < 1.29 is 0 Å². The van der Waals surface area contributed by atoms with Gasteiger partial charge in [0.1, 0.15) is 0 Å². The minimum Gasteiger partial charge on any atom is -0.323 e. The largest absolute Gasteiger partial charge is 0.323 e. The molecule has 2 N–H and O–H groups in total. The second-order valence-corrected chi connectivity index (χ2v) is 6.13. The smallest absolute Gasteiger partial charge is 0.0406 e. The lowest BCUT2D eigenvalue weighted by Gasteiger charge is -2.12. The maximum Gasteiger partial charge on any atom is 0.0406 e. The first-order valence-electron chi connectivity index (χ1n) is 6.29. The number of rotatable bonds is 5. The number of nitrogens with two attached hydrogens (primary N) is 1. The van der Waals surface area contributed by atoms with Crippen LogP contribution in [0.15, 0.2) is 48.5 Å². The van der Waals surface area contributed by atoms with Crippen LogP contribution < -0.4 is 5.73 Å². The summed E-state index contributed by atoms with van der Waals surface area (Å²) in [6, 6.07) is 16.5. The lowest BCUT2D eigenvalue weighted by atomic mass is 10.1. The molecule has 0 aliphatic carbocycles. The van der Waals surface area contributed by atoms with Crippen molar-refractivity contribution in [1.82, 2.24) is 0 Å². The molecule has 0 bridgehead atoms. The SMILES string of the molecule is Cc1cccc(C(N)CSCc2ccc(Cl)cc2)c1. The molecule has 1 atom stereocenters. The van der Waals surface area contributed by atoms with Crippen LogP contribution in [0.4, 0.5) is 0 Å². The van der Waals surface area contributed by atoms with Gasteiger partial charge < -0.3 is 5.73 Å². The molecule has 0 aromatic heterocycles. The van der Waals surface area contributed by atoms with E-state index in [-0.39, 0.29) is 6.04 Å². The van der Waals surface area contributed by atoms with E-state index in [2.05, 4.69) is 43.3 Å². The van der Waals surface area contributed by atoms with Crippen molar-refractivity contribution in [3.8, 4) is 0 Å². The van der Waals surface area contributed by atoms with Crippen LogP contribution in [0.2, 0.25) is 5.02 Å². The number of thioether (sulfide) groups is 1. The van der Waals surface area contributed by atoms with Gasteiger partial charge in [-0.05, 0) is 30.2 Å². The molecule has 100 valence electrons. The van der Waals surface area contributed by atoms with Crippen molar-refractivity contribution >= 4 is 23.4 Å². The normalized spacial score (nSPS) is 12.4. The molecule has 0 radical (unpaired) electrons. The maximum atomic E-state index is 6.21. The van der Waals surface area contributed by atoms with Crippen molar-refractivity contribution in [3.05, 3.63) is 70.2 Å². The van der Waals surface area contributed by atoms with Gasteiger partial charge in [0.15, 0.2) is 0 Å². The summed E-state index contributed by atoms with van der Waals surface area (Å²) in [6.07, 6.45) is 0. The lowest BCUT2D eigenvalue weighted by Crippen LogP contribution is -2.13.